The molecule has 1 aromatic carbocycles. The third kappa shape index (κ3) is 2.11. The lowest BCUT2D eigenvalue weighted by Crippen LogP contribution is -2.38. The fraction of sp³-hybridized carbons (Fsp3) is 0.500. The van der Waals surface area contributed by atoms with E-state index in [1.165, 1.54) is 6.42 Å². The predicted molar refractivity (Wildman–Crippen MR) is 62.1 cm³/mol. The Hall–Kier alpha value is -0.730. The summed E-state index contributed by atoms with van der Waals surface area (Å²) in [4.78, 5) is 0. The smallest absolute Gasteiger partial charge is 0.120 e. The van der Waals surface area contributed by atoms with Crippen molar-refractivity contribution in [2.75, 3.05) is 0 Å². The van der Waals surface area contributed by atoms with E-state index in [9.17, 15) is 5.11 Å². The van der Waals surface area contributed by atoms with Gasteiger partial charge in [-0.15, -0.1) is 0 Å². The summed E-state index contributed by atoms with van der Waals surface area (Å²) in [5.74, 6) is 0.267. The molecule has 0 atom stereocenters. The molecule has 2 nitrogen and oxygen atoms in total. The van der Waals surface area contributed by atoms with Gasteiger partial charge in [0.2, 0.25) is 0 Å². The van der Waals surface area contributed by atoms with Gasteiger partial charge in [-0.25, -0.2) is 0 Å². The monoisotopic (exact) mass is 225 g/mol. The summed E-state index contributed by atoms with van der Waals surface area (Å²) in [7, 11) is 0. The Morgan fingerprint density at radius 2 is 1.87 bits per heavy atom. The third-order valence-electron chi connectivity index (χ3n) is 3.24. The van der Waals surface area contributed by atoms with Crippen molar-refractivity contribution in [1.29, 1.82) is 0 Å². The highest BCUT2D eigenvalue weighted by atomic mass is 35.5. The molecule has 2 rings (SSSR count). The zero-order valence-electron chi connectivity index (χ0n) is 8.67. The molecule has 1 aromatic rings. The molecule has 82 valence electrons. The van der Waals surface area contributed by atoms with Crippen molar-refractivity contribution in [2.45, 2.75) is 37.6 Å². The molecule has 15 heavy (non-hydrogen) atoms. The average molecular weight is 226 g/mol. The van der Waals surface area contributed by atoms with E-state index < -0.39 is 0 Å². The molecule has 1 saturated carbocycles. The van der Waals surface area contributed by atoms with Crippen LogP contribution in [0.2, 0.25) is 5.02 Å². The van der Waals surface area contributed by atoms with Crippen LogP contribution < -0.4 is 5.73 Å². The van der Waals surface area contributed by atoms with Gasteiger partial charge in [0, 0.05) is 16.1 Å². The van der Waals surface area contributed by atoms with E-state index in [2.05, 4.69) is 0 Å². The minimum absolute atomic E-state index is 0.267. The van der Waals surface area contributed by atoms with E-state index >= 15 is 0 Å². The van der Waals surface area contributed by atoms with E-state index in [1.807, 2.05) is 0 Å². The van der Waals surface area contributed by atoms with Crippen molar-refractivity contribution in [2.24, 2.45) is 5.73 Å². The highest BCUT2D eigenvalue weighted by molar-refractivity contribution is 6.30. The molecule has 0 unspecified atom stereocenters. The van der Waals surface area contributed by atoms with Gasteiger partial charge in [-0.1, -0.05) is 30.9 Å². The molecule has 0 amide bonds. The van der Waals surface area contributed by atoms with Crippen molar-refractivity contribution in [1.82, 2.24) is 0 Å². The van der Waals surface area contributed by atoms with Crippen LogP contribution >= 0.6 is 11.6 Å². The molecule has 0 saturated heterocycles. The van der Waals surface area contributed by atoms with E-state index in [0.29, 0.717) is 5.02 Å². The van der Waals surface area contributed by atoms with Crippen molar-refractivity contribution >= 4 is 11.6 Å². The molecule has 0 spiro atoms. The molecule has 1 aliphatic carbocycles. The Labute approximate surface area is 95.1 Å². The van der Waals surface area contributed by atoms with Crippen LogP contribution in [-0.2, 0) is 5.54 Å². The summed E-state index contributed by atoms with van der Waals surface area (Å²) in [5.41, 5.74) is 6.75. The van der Waals surface area contributed by atoms with Gasteiger partial charge in [-0.05, 0) is 31.0 Å². The standard InChI is InChI=1S/C12H16ClNO/c13-9-4-5-11(15)10(8-9)12(14)6-2-1-3-7-12/h4-5,8,15H,1-3,6-7,14H2. The van der Waals surface area contributed by atoms with Crippen LogP contribution in [0.25, 0.3) is 0 Å². The molecular weight excluding hydrogens is 210 g/mol. The molecule has 3 N–H and O–H groups in total. The number of phenolic OH excluding ortho intramolecular Hbond substituents is 1. The maximum Gasteiger partial charge on any atom is 0.120 e. The first kappa shape index (κ1) is 10.8. The van der Waals surface area contributed by atoms with Crippen LogP contribution in [0.1, 0.15) is 37.7 Å². The van der Waals surface area contributed by atoms with Gasteiger partial charge >= 0.3 is 0 Å². The van der Waals surface area contributed by atoms with Gasteiger partial charge in [0.05, 0.1) is 0 Å². The van der Waals surface area contributed by atoms with Gasteiger partial charge in [-0.3, -0.25) is 0 Å². The van der Waals surface area contributed by atoms with Crippen molar-refractivity contribution < 1.29 is 5.11 Å². The lowest BCUT2D eigenvalue weighted by Gasteiger charge is -2.34. The van der Waals surface area contributed by atoms with Gasteiger partial charge < -0.3 is 10.8 Å². The van der Waals surface area contributed by atoms with Gasteiger partial charge in [-0.2, -0.15) is 0 Å². The number of hydrogen-bond donors (Lipinski definition) is 2. The Balaban J connectivity index is 2.38. The lowest BCUT2D eigenvalue weighted by molar-refractivity contribution is 0.292. The Morgan fingerprint density at radius 1 is 1.20 bits per heavy atom. The van der Waals surface area contributed by atoms with E-state index in [-0.39, 0.29) is 11.3 Å². The Morgan fingerprint density at radius 3 is 2.53 bits per heavy atom. The SMILES string of the molecule is NC1(c2cc(Cl)ccc2O)CCCCC1. The zero-order valence-corrected chi connectivity index (χ0v) is 9.43. The predicted octanol–water partition coefficient (Wildman–Crippen LogP) is 3.16. The summed E-state index contributed by atoms with van der Waals surface area (Å²) in [6.07, 6.45) is 5.35. The number of phenols is 1. The maximum absolute atomic E-state index is 9.81. The second kappa shape index (κ2) is 4.03. The van der Waals surface area contributed by atoms with Gasteiger partial charge in [0.25, 0.3) is 0 Å². The van der Waals surface area contributed by atoms with Gasteiger partial charge in [0.15, 0.2) is 0 Å². The number of nitrogens with two attached hydrogens (primary N) is 1. The van der Waals surface area contributed by atoms with Crippen LogP contribution in [0.3, 0.4) is 0 Å². The molecule has 1 fully saturated rings. The molecule has 0 bridgehead atoms. The minimum Gasteiger partial charge on any atom is -0.508 e. The minimum atomic E-state index is -0.382. The Kier molecular flexibility index (Phi) is 2.89. The van der Waals surface area contributed by atoms with Crippen molar-refractivity contribution in [3.63, 3.8) is 0 Å². The maximum atomic E-state index is 9.81. The Bertz CT molecular complexity index is 359. The highest BCUT2D eigenvalue weighted by Crippen LogP contribution is 2.39. The zero-order chi connectivity index (χ0) is 10.9. The van der Waals surface area contributed by atoms with Crippen LogP contribution in [0.15, 0.2) is 18.2 Å². The summed E-state index contributed by atoms with van der Waals surface area (Å²) in [5, 5.41) is 10.5. The molecule has 0 aromatic heterocycles. The number of aromatic hydroxyl groups is 1. The molecule has 0 heterocycles. The van der Waals surface area contributed by atoms with E-state index in [4.69, 9.17) is 17.3 Å². The first-order valence-electron chi connectivity index (χ1n) is 5.40. The number of hydrogen-bond acceptors (Lipinski definition) is 2. The van der Waals surface area contributed by atoms with Crippen LogP contribution in [0, 0.1) is 0 Å². The first-order valence-corrected chi connectivity index (χ1v) is 5.77. The van der Waals surface area contributed by atoms with Gasteiger partial charge in [0.1, 0.15) is 5.75 Å². The van der Waals surface area contributed by atoms with Crippen LogP contribution in [0.5, 0.6) is 5.75 Å². The quantitative estimate of drug-likeness (QED) is 0.771. The number of benzene rings is 1. The topological polar surface area (TPSA) is 46.2 Å². The van der Waals surface area contributed by atoms with Crippen LogP contribution in [-0.4, -0.2) is 5.11 Å². The molecular formula is C12H16ClNO. The summed E-state index contributed by atoms with van der Waals surface area (Å²) < 4.78 is 0. The summed E-state index contributed by atoms with van der Waals surface area (Å²) in [6.45, 7) is 0. The van der Waals surface area contributed by atoms with Crippen molar-refractivity contribution in [3.05, 3.63) is 28.8 Å². The normalized spacial score (nSPS) is 20.1. The fourth-order valence-corrected chi connectivity index (χ4v) is 2.53. The molecule has 1 aliphatic rings. The number of halogens is 1. The van der Waals surface area contributed by atoms with Crippen molar-refractivity contribution in [3.8, 4) is 5.75 Å². The third-order valence-corrected chi connectivity index (χ3v) is 3.48. The fourth-order valence-electron chi connectivity index (χ4n) is 2.36. The largest absolute Gasteiger partial charge is 0.508 e. The molecule has 0 aliphatic heterocycles. The summed E-state index contributed by atoms with van der Waals surface area (Å²) in [6, 6.07) is 5.11. The highest BCUT2D eigenvalue weighted by Gasteiger charge is 2.31. The molecule has 0 radical (unpaired) electrons. The number of rotatable bonds is 1. The van der Waals surface area contributed by atoms with E-state index in [1.54, 1.807) is 18.2 Å². The van der Waals surface area contributed by atoms with Crippen LogP contribution in [0.4, 0.5) is 0 Å². The summed E-state index contributed by atoms with van der Waals surface area (Å²) >= 11 is 5.93. The first-order chi connectivity index (χ1) is 7.12. The lowest BCUT2D eigenvalue weighted by atomic mass is 9.77. The molecule has 3 heteroatoms. The second-order valence-electron chi connectivity index (χ2n) is 4.38. The second-order valence-corrected chi connectivity index (χ2v) is 4.81. The average Bonchev–Trinajstić information content (AvgIpc) is 2.23. The van der Waals surface area contributed by atoms with E-state index in [0.717, 1.165) is 31.2 Å².